The van der Waals surface area contributed by atoms with Crippen molar-refractivity contribution < 1.29 is 0 Å². The van der Waals surface area contributed by atoms with Crippen molar-refractivity contribution in [3.8, 4) is 15.7 Å². The lowest BCUT2D eigenvalue weighted by atomic mass is 10.2. The third kappa shape index (κ3) is 2.49. The van der Waals surface area contributed by atoms with Gasteiger partial charge in [0.2, 0.25) is 16.2 Å². The molecule has 2 aromatic heterocycles. The van der Waals surface area contributed by atoms with Crippen LogP contribution in [-0.4, -0.2) is 31.2 Å². The van der Waals surface area contributed by atoms with Gasteiger partial charge in [0.15, 0.2) is 0 Å². The Morgan fingerprint density at radius 3 is 2.65 bits per heavy atom. The zero-order valence-electron chi connectivity index (χ0n) is 10.3. The van der Waals surface area contributed by atoms with E-state index in [4.69, 9.17) is 17.3 Å². The van der Waals surface area contributed by atoms with Crippen molar-refractivity contribution in [1.82, 2.24) is 25.0 Å². The van der Waals surface area contributed by atoms with E-state index in [9.17, 15) is 0 Å². The minimum atomic E-state index is 0.299. The molecule has 0 bridgehead atoms. The minimum Gasteiger partial charge on any atom is -0.368 e. The fourth-order valence-corrected chi connectivity index (χ4v) is 2.83. The Kier molecular flexibility index (Phi) is 3.60. The number of aromatic nitrogens is 5. The molecule has 3 aromatic rings. The molecule has 0 saturated heterocycles. The second-order valence-corrected chi connectivity index (χ2v) is 5.93. The average molecular weight is 325 g/mol. The van der Waals surface area contributed by atoms with Gasteiger partial charge in [0.25, 0.3) is 0 Å². The summed E-state index contributed by atoms with van der Waals surface area (Å²) < 4.78 is 1.49. The van der Waals surface area contributed by atoms with E-state index in [0.717, 1.165) is 10.6 Å². The summed E-state index contributed by atoms with van der Waals surface area (Å²) in [5, 5.41) is 15.1. The predicted molar refractivity (Wildman–Crippen MR) is 81.5 cm³/mol. The molecular formula is C11H9ClN6S2. The lowest BCUT2D eigenvalue weighted by Gasteiger charge is -1.95. The van der Waals surface area contributed by atoms with Gasteiger partial charge in [-0.25, -0.2) is 0 Å². The lowest BCUT2D eigenvalue weighted by Crippen LogP contribution is -2.01. The van der Waals surface area contributed by atoms with E-state index in [1.165, 1.54) is 27.8 Å². The van der Waals surface area contributed by atoms with Crippen molar-refractivity contribution in [2.75, 3.05) is 12.0 Å². The second kappa shape index (κ2) is 5.39. The number of rotatable bonds is 3. The molecule has 0 fully saturated rings. The molecule has 9 heteroatoms. The Morgan fingerprint density at radius 2 is 2.00 bits per heavy atom. The molecule has 1 aromatic carbocycles. The van der Waals surface area contributed by atoms with Crippen molar-refractivity contribution in [3.05, 3.63) is 29.3 Å². The Hall–Kier alpha value is -1.64. The number of hydrogen-bond acceptors (Lipinski definition) is 7. The molecule has 0 aliphatic heterocycles. The van der Waals surface area contributed by atoms with Crippen LogP contribution in [0.4, 0.5) is 5.95 Å². The normalized spacial score (nSPS) is 10.9. The zero-order valence-corrected chi connectivity index (χ0v) is 12.7. The molecule has 2 heterocycles. The molecule has 3 rings (SSSR count). The highest BCUT2D eigenvalue weighted by molar-refractivity contribution is 7.98. The van der Waals surface area contributed by atoms with E-state index in [1.807, 2.05) is 30.5 Å². The van der Waals surface area contributed by atoms with Crippen molar-refractivity contribution in [3.63, 3.8) is 0 Å². The number of thioether (sulfide) groups is 1. The molecular weight excluding hydrogens is 316 g/mol. The van der Waals surface area contributed by atoms with Gasteiger partial charge < -0.3 is 5.73 Å². The Balaban J connectivity index is 1.97. The first-order chi connectivity index (χ1) is 9.67. The Morgan fingerprint density at radius 1 is 1.25 bits per heavy atom. The minimum absolute atomic E-state index is 0.299. The predicted octanol–water partition coefficient (Wildman–Crippen LogP) is 2.74. The quantitative estimate of drug-likeness (QED) is 0.746. The molecule has 0 amide bonds. The molecule has 0 saturated carbocycles. The number of halogens is 1. The van der Waals surface area contributed by atoms with E-state index < -0.39 is 0 Å². The molecule has 0 aliphatic carbocycles. The summed E-state index contributed by atoms with van der Waals surface area (Å²) in [6.07, 6.45) is 1.89. The second-order valence-electron chi connectivity index (χ2n) is 3.77. The first-order valence-electron chi connectivity index (χ1n) is 5.53. The highest BCUT2D eigenvalue weighted by Gasteiger charge is 2.13. The summed E-state index contributed by atoms with van der Waals surface area (Å²) >= 11 is 8.68. The van der Waals surface area contributed by atoms with Gasteiger partial charge >= 0.3 is 0 Å². The Labute approximate surface area is 128 Å². The third-order valence-corrected chi connectivity index (χ3v) is 4.22. The summed E-state index contributed by atoms with van der Waals surface area (Å²) in [6.45, 7) is 0. The van der Waals surface area contributed by atoms with Crippen molar-refractivity contribution in [2.45, 2.75) is 5.16 Å². The van der Waals surface area contributed by atoms with Gasteiger partial charge in [-0.05, 0) is 18.4 Å². The first kappa shape index (κ1) is 13.3. The average Bonchev–Trinajstić information content (AvgIpc) is 3.06. The van der Waals surface area contributed by atoms with Gasteiger partial charge in [-0.15, -0.1) is 15.3 Å². The summed E-state index contributed by atoms with van der Waals surface area (Å²) in [6, 6.07) is 7.41. The standard InChI is InChI=1S/C11H9ClN6S2/c1-19-10-14-9(13)18(17-10)11-16-15-8(20-11)6-2-4-7(12)5-3-6/h2-5H,1H3,(H2,13,14,17). The summed E-state index contributed by atoms with van der Waals surface area (Å²) in [5.74, 6) is 0.299. The van der Waals surface area contributed by atoms with Crippen LogP contribution >= 0.6 is 34.7 Å². The molecule has 0 atom stereocenters. The number of hydrogen-bond donors (Lipinski definition) is 1. The maximum atomic E-state index is 5.87. The maximum Gasteiger partial charge on any atom is 0.236 e. The van der Waals surface area contributed by atoms with Crippen LogP contribution in [0.15, 0.2) is 29.4 Å². The van der Waals surface area contributed by atoms with E-state index >= 15 is 0 Å². The number of nitrogens with two attached hydrogens (primary N) is 1. The van der Waals surface area contributed by atoms with E-state index in [1.54, 1.807) is 0 Å². The zero-order chi connectivity index (χ0) is 14.1. The van der Waals surface area contributed by atoms with Crippen LogP contribution in [0.1, 0.15) is 0 Å². The van der Waals surface area contributed by atoms with Crippen molar-refractivity contribution in [2.24, 2.45) is 0 Å². The van der Waals surface area contributed by atoms with Crippen LogP contribution < -0.4 is 5.73 Å². The number of benzene rings is 1. The molecule has 0 spiro atoms. The van der Waals surface area contributed by atoms with E-state index in [0.29, 0.717) is 21.3 Å². The SMILES string of the molecule is CSc1nc(N)n(-c2nnc(-c3ccc(Cl)cc3)s2)n1. The molecule has 20 heavy (non-hydrogen) atoms. The number of anilines is 1. The smallest absolute Gasteiger partial charge is 0.236 e. The monoisotopic (exact) mass is 324 g/mol. The number of nitrogen functional groups attached to an aromatic ring is 1. The first-order valence-corrected chi connectivity index (χ1v) is 7.95. The molecule has 0 aliphatic rings. The van der Waals surface area contributed by atoms with Gasteiger partial charge in [-0.2, -0.15) is 9.67 Å². The van der Waals surface area contributed by atoms with E-state index in [2.05, 4.69) is 20.3 Å². The summed E-state index contributed by atoms with van der Waals surface area (Å²) in [4.78, 5) is 4.11. The number of nitrogens with zero attached hydrogens (tertiary/aromatic N) is 5. The van der Waals surface area contributed by atoms with Crippen LogP contribution in [0, 0.1) is 0 Å². The van der Waals surface area contributed by atoms with E-state index in [-0.39, 0.29) is 0 Å². The fourth-order valence-electron chi connectivity index (χ4n) is 1.54. The fraction of sp³-hybridized carbons (Fsp3) is 0.0909. The molecule has 0 radical (unpaired) electrons. The van der Waals surface area contributed by atoms with Gasteiger partial charge in [0, 0.05) is 10.6 Å². The summed E-state index contributed by atoms with van der Waals surface area (Å²) in [7, 11) is 0. The third-order valence-electron chi connectivity index (χ3n) is 2.48. The van der Waals surface area contributed by atoms with Gasteiger partial charge in [0.05, 0.1) is 0 Å². The maximum absolute atomic E-state index is 5.87. The molecule has 0 unspecified atom stereocenters. The highest BCUT2D eigenvalue weighted by Crippen LogP contribution is 2.27. The lowest BCUT2D eigenvalue weighted by molar-refractivity contribution is 0.818. The van der Waals surface area contributed by atoms with Crippen LogP contribution in [0.5, 0.6) is 0 Å². The highest BCUT2D eigenvalue weighted by atomic mass is 35.5. The topological polar surface area (TPSA) is 82.5 Å². The summed E-state index contributed by atoms with van der Waals surface area (Å²) in [5.41, 5.74) is 6.76. The van der Waals surface area contributed by atoms with Crippen LogP contribution in [0.2, 0.25) is 5.02 Å². The van der Waals surface area contributed by atoms with Crippen molar-refractivity contribution >= 4 is 40.6 Å². The molecule has 102 valence electrons. The molecule has 2 N–H and O–H groups in total. The largest absolute Gasteiger partial charge is 0.368 e. The van der Waals surface area contributed by atoms with Gasteiger partial charge in [-0.1, -0.05) is 46.8 Å². The van der Waals surface area contributed by atoms with Gasteiger partial charge in [-0.3, -0.25) is 0 Å². The van der Waals surface area contributed by atoms with Crippen LogP contribution in [0.25, 0.3) is 15.7 Å². The Bertz CT molecular complexity index is 736. The van der Waals surface area contributed by atoms with Gasteiger partial charge in [0.1, 0.15) is 5.01 Å². The van der Waals surface area contributed by atoms with Crippen LogP contribution in [0.3, 0.4) is 0 Å². The van der Waals surface area contributed by atoms with Crippen molar-refractivity contribution in [1.29, 1.82) is 0 Å². The van der Waals surface area contributed by atoms with Crippen LogP contribution in [-0.2, 0) is 0 Å². The molecule has 6 nitrogen and oxygen atoms in total.